The Bertz CT molecular complexity index is 433. The van der Waals surface area contributed by atoms with E-state index in [4.69, 9.17) is 9.47 Å². The number of rotatable bonds is 6. The van der Waals surface area contributed by atoms with Crippen LogP contribution in [0.4, 0.5) is 0 Å². The second-order valence-corrected chi connectivity index (χ2v) is 4.93. The summed E-state index contributed by atoms with van der Waals surface area (Å²) in [6, 6.07) is 7.69. The number of likely N-dealkylation sites (N-methyl/N-ethyl adjacent to an activating group) is 1. The molecule has 0 radical (unpaired) electrons. The van der Waals surface area contributed by atoms with E-state index in [2.05, 4.69) is 5.32 Å². The van der Waals surface area contributed by atoms with Gasteiger partial charge in [0.1, 0.15) is 11.5 Å². The summed E-state index contributed by atoms with van der Waals surface area (Å²) < 4.78 is 10.6. The Morgan fingerprint density at radius 3 is 2.57 bits per heavy atom. The quantitative estimate of drug-likeness (QED) is 0.868. The maximum absolute atomic E-state index is 12.0. The van der Waals surface area contributed by atoms with E-state index in [0.29, 0.717) is 19.1 Å². The number of nitrogens with zero attached hydrogens (tertiary/aromatic N) is 1. The van der Waals surface area contributed by atoms with Crippen molar-refractivity contribution in [1.29, 1.82) is 0 Å². The summed E-state index contributed by atoms with van der Waals surface area (Å²) in [7, 11) is 3.50. The third-order valence-corrected chi connectivity index (χ3v) is 3.62. The van der Waals surface area contributed by atoms with Crippen molar-refractivity contribution in [2.45, 2.75) is 18.9 Å². The Hall–Kier alpha value is -1.46. The molecule has 0 aromatic heterocycles. The fourth-order valence-corrected chi connectivity index (χ4v) is 2.28. The van der Waals surface area contributed by atoms with Crippen LogP contribution in [0, 0.1) is 0 Å². The normalized spacial score (nSPS) is 17.0. The van der Waals surface area contributed by atoms with E-state index in [-0.39, 0.29) is 18.3 Å². The maximum atomic E-state index is 12.0. The van der Waals surface area contributed by atoms with Gasteiger partial charge in [0, 0.05) is 19.6 Å². The molecular weight excluding hydrogens is 292 g/mol. The van der Waals surface area contributed by atoms with Gasteiger partial charge in [-0.1, -0.05) is 0 Å². The van der Waals surface area contributed by atoms with Crippen LogP contribution >= 0.6 is 12.4 Å². The van der Waals surface area contributed by atoms with Crippen LogP contribution in [-0.4, -0.2) is 50.7 Å². The van der Waals surface area contributed by atoms with Crippen molar-refractivity contribution in [2.24, 2.45) is 0 Å². The fourth-order valence-electron chi connectivity index (χ4n) is 2.28. The first kappa shape index (κ1) is 17.6. The Balaban J connectivity index is 0.00000220. The van der Waals surface area contributed by atoms with E-state index in [0.717, 1.165) is 31.0 Å². The van der Waals surface area contributed by atoms with Crippen LogP contribution in [-0.2, 0) is 4.79 Å². The molecular formula is C15H23ClN2O3. The Labute approximate surface area is 132 Å². The van der Waals surface area contributed by atoms with E-state index < -0.39 is 0 Å². The monoisotopic (exact) mass is 314 g/mol. The average Bonchev–Trinajstić information content (AvgIpc) is 3.01. The highest BCUT2D eigenvalue weighted by atomic mass is 35.5. The van der Waals surface area contributed by atoms with Crippen LogP contribution in [0.5, 0.6) is 11.5 Å². The summed E-state index contributed by atoms with van der Waals surface area (Å²) in [5.74, 6) is 1.68. The van der Waals surface area contributed by atoms with Gasteiger partial charge in [0.25, 0.3) is 0 Å². The van der Waals surface area contributed by atoms with Crippen molar-refractivity contribution in [2.75, 3.05) is 33.9 Å². The van der Waals surface area contributed by atoms with E-state index >= 15 is 0 Å². The zero-order chi connectivity index (χ0) is 14.4. The molecule has 5 nitrogen and oxygen atoms in total. The predicted octanol–water partition coefficient (Wildman–Crippen LogP) is 1.71. The zero-order valence-electron chi connectivity index (χ0n) is 12.5. The molecule has 1 unspecified atom stereocenters. The summed E-state index contributed by atoms with van der Waals surface area (Å²) in [6.45, 7) is 2.28. The lowest BCUT2D eigenvalue weighted by atomic mass is 10.2. The van der Waals surface area contributed by atoms with Crippen LogP contribution in [0.25, 0.3) is 0 Å². The average molecular weight is 315 g/mol. The van der Waals surface area contributed by atoms with E-state index in [1.54, 1.807) is 7.11 Å². The van der Waals surface area contributed by atoms with Gasteiger partial charge in [0.05, 0.1) is 20.1 Å². The molecule has 1 aliphatic heterocycles. The van der Waals surface area contributed by atoms with Crippen molar-refractivity contribution in [1.82, 2.24) is 10.2 Å². The molecule has 0 aliphatic carbocycles. The summed E-state index contributed by atoms with van der Waals surface area (Å²) in [5, 5.41) is 3.26. The van der Waals surface area contributed by atoms with E-state index in [1.807, 2.05) is 36.2 Å². The third-order valence-electron chi connectivity index (χ3n) is 3.62. The standard InChI is InChI=1S/C15H22N2O3.ClH/c1-17(12-7-9-16-11-12)15(18)8-10-20-14-5-3-13(19-2)4-6-14;/h3-6,12,16H,7-11H2,1-2H3;1H. The number of methoxy groups -OCH3 is 1. The van der Waals surface area contributed by atoms with Gasteiger partial charge >= 0.3 is 0 Å². The molecule has 2 rings (SSSR count). The van der Waals surface area contributed by atoms with Crippen LogP contribution in [0.2, 0.25) is 0 Å². The van der Waals surface area contributed by atoms with Gasteiger partial charge in [0.15, 0.2) is 0 Å². The lowest BCUT2D eigenvalue weighted by Gasteiger charge is -2.23. The number of carbonyl (C=O) groups excluding carboxylic acids is 1. The minimum Gasteiger partial charge on any atom is -0.497 e. The molecule has 1 aliphatic rings. The van der Waals surface area contributed by atoms with Crippen LogP contribution in [0.3, 0.4) is 0 Å². The molecule has 1 aromatic carbocycles. The molecule has 118 valence electrons. The maximum Gasteiger partial charge on any atom is 0.226 e. The van der Waals surface area contributed by atoms with Crippen molar-refractivity contribution < 1.29 is 14.3 Å². The second-order valence-electron chi connectivity index (χ2n) is 4.93. The Morgan fingerprint density at radius 1 is 1.33 bits per heavy atom. The van der Waals surface area contributed by atoms with Gasteiger partial charge in [-0.2, -0.15) is 0 Å². The van der Waals surface area contributed by atoms with Gasteiger partial charge < -0.3 is 19.7 Å². The van der Waals surface area contributed by atoms with Crippen molar-refractivity contribution in [3.05, 3.63) is 24.3 Å². The number of hydrogen-bond acceptors (Lipinski definition) is 4. The van der Waals surface area contributed by atoms with E-state index in [1.165, 1.54) is 0 Å². The summed E-state index contributed by atoms with van der Waals surface area (Å²) in [4.78, 5) is 13.8. The lowest BCUT2D eigenvalue weighted by molar-refractivity contribution is -0.132. The van der Waals surface area contributed by atoms with Gasteiger partial charge in [-0.05, 0) is 37.2 Å². The molecule has 0 bridgehead atoms. The highest BCUT2D eigenvalue weighted by Gasteiger charge is 2.22. The van der Waals surface area contributed by atoms with Crippen molar-refractivity contribution in [3.8, 4) is 11.5 Å². The molecule has 0 spiro atoms. The predicted molar refractivity (Wildman–Crippen MR) is 84.4 cm³/mol. The highest BCUT2D eigenvalue weighted by molar-refractivity contribution is 5.85. The highest BCUT2D eigenvalue weighted by Crippen LogP contribution is 2.17. The summed E-state index contributed by atoms with van der Waals surface area (Å²) >= 11 is 0. The molecule has 6 heteroatoms. The molecule has 1 aromatic rings. The topological polar surface area (TPSA) is 50.8 Å². The largest absolute Gasteiger partial charge is 0.497 e. The van der Waals surface area contributed by atoms with Crippen molar-refractivity contribution in [3.63, 3.8) is 0 Å². The molecule has 1 amide bonds. The number of nitrogens with one attached hydrogen (secondary N) is 1. The van der Waals surface area contributed by atoms with Gasteiger partial charge in [-0.25, -0.2) is 0 Å². The number of ether oxygens (including phenoxy) is 2. The molecule has 1 fully saturated rings. The first-order valence-corrected chi connectivity index (χ1v) is 6.94. The zero-order valence-corrected chi connectivity index (χ0v) is 13.3. The van der Waals surface area contributed by atoms with Gasteiger partial charge in [0.2, 0.25) is 5.91 Å². The number of hydrogen-bond donors (Lipinski definition) is 1. The van der Waals surface area contributed by atoms with Gasteiger partial charge in [-0.15, -0.1) is 12.4 Å². The summed E-state index contributed by atoms with van der Waals surface area (Å²) in [5.41, 5.74) is 0. The Morgan fingerprint density at radius 2 is 2.00 bits per heavy atom. The number of amides is 1. The number of benzene rings is 1. The molecule has 21 heavy (non-hydrogen) atoms. The third kappa shape index (κ3) is 5.10. The van der Waals surface area contributed by atoms with Crippen LogP contribution < -0.4 is 14.8 Å². The Kier molecular flexibility index (Phi) is 7.32. The first-order valence-electron chi connectivity index (χ1n) is 6.94. The lowest BCUT2D eigenvalue weighted by Crippen LogP contribution is -2.38. The molecule has 1 saturated heterocycles. The number of halogens is 1. The van der Waals surface area contributed by atoms with Crippen molar-refractivity contribution >= 4 is 18.3 Å². The fraction of sp³-hybridized carbons (Fsp3) is 0.533. The molecule has 1 N–H and O–H groups in total. The van der Waals surface area contributed by atoms with E-state index in [9.17, 15) is 4.79 Å². The van der Waals surface area contributed by atoms with Crippen LogP contribution in [0.1, 0.15) is 12.8 Å². The first-order chi connectivity index (χ1) is 9.70. The molecule has 1 heterocycles. The molecule has 1 atom stereocenters. The number of carbonyl (C=O) groups is 1. The smallest absolute Gasteiger partial charge is 0.226 e. The second kappa shape index (κ2) is 8.74. The SMILES string of the molecule is COc1ccc(OCCC(=O)N(C)C2CCNC2)cc1.Cl. The minimum absolute atomic E-state index is 0. The summed E-state index contributed by atoms with van der Waals surface area (Å²) in [6.07, 6.45) is 1.43. The van der Waals surface area contributed by atoms with Gasteiger partial charge in [-0.3, -0.25) is 4.79 Å². The minimum atomic E-state index is 0. The van der Waals surface area contributed by atoms with Crippen LogP contribution in [0.15, 0.2) is 24.3 Å². The molecule has 0 saturated carbocycles.